The molecule has 5 nitrogen and oxygen atoms in total. The minimum Gasteiger partial charge on any atom is -0.487 e. The number of fused-ring (bicyclic) bond motifs is 1. The molecule has 1 aliphatic heterocycles. The van der Waals surface area contributed by atoms with E-state index < -0.39 is 0 Å². The van der Waals surface area contributed by atoms with Gasteiger partial charge in [-0.25, -0.2) is 4.98 Å². The van der Waals surface area contributed by atoms with E-state index in [1.54, 1.807) is 17.4 Å². The first-order valence-electron chi connectivity index (χ1n) is 8.33. The van der Waals surface area contributed by atoms with Gasteiger partial charge in [0, 0.05) is 24.5 Å². The summed E-state index contributed by atoms with van der Waals surface area (Å²) in [5, 5.41) is 0. The zero-order valence-corrected chi connectivity index (χ0v) is 14.0. The monoisotopic (exact) mass is 333 g/mol. The Bertz CT molecular complexity index is 872. The number of benzene rings is 2. The Morgan fingerprint density at radius 2 is 2.00 bits per heavy atom. The average molecular weight is 333 g/mol. The minimum absolute atomic E-state index is 0.00298. The van der Waals surface area contributed by atoms with E-state index in [9.17, 15) is 4.79 Å². The third-order valence-corrected chi connectivity index (χ3v) is 4.29. The molecule has 4 rings (SSSR count). The number of rotatable bonds is 3. The molecule has 0 N–H and O–H groups in total. The summed E-state index contributed by atoms with van der Waals surface area (Å²) >= 11 is 0. The molecule has 0 unspecified atom stereocenters. The molecule has 2 heterocycles. The number of nitrogens with zero attached hydrogens (tertiary/aromatic N) is 3. The maximum Gasteiger partial charge on any atom is 0.258 e. The summed E-state index contributed by atoms with van der Waals surface area (Å²) < 4.78 is 7.82. The van der Waals surface area contributed by atoms with Crippen LogP contribution in [0.5, 0.6) is 5.75 Å². The van der Waals surface area contributed by atoms with Crippen LogP contribution in [0, 0.1) is 0 Å². The number of imidazole rings is 1. The van der Waals surface area contributed by atoms with E-state index in [1.807, 2.05) is 66.2 Å². The van der Waals surface area contributed by atoms with Gasteiger partial charge >= 0.3 is 0 Å². The Labute approximate surface area is 146 Å². The van der Waals surface area contributed by atoms with Crippen LogP contribution in [0.4, 0.5) is 5.69 Å². The molecule has 1 atom stereocenters. The van der Waals surface area contributed by atoms with Crippen LogP contribution in [0.1, 0.15) is 22.8 Å². The van der Waals surface area contributed by atoms with Crippen molar-refractivity contribution in [2.24, 2.45) is 0 Å². The van der Waals surface area contributed by atoms with E-state index in [-0.39, 0.29) is 12.0 Å². The molecular formula is C20H19N3O2. The largest absolute Gasteiger partial charge is 0.487 e. The highest BCUT2D eigenvalue weighted by Crippen LogP contribution is 2.33. The van der Waals surface area contributed by atoms with Crippen molar-refractivity contribution < 1.29 is 9.53 Å². The molecule has 1 aromatic heterocycles. The second kappa shape index (κ2) is 6.43. The summed E-state index contributed by atoms with van der Waals surface area (Å²) in [6, 6.07) is 15.4. The summed E-state index contributed by atoms with van der Waals surface area (Å²) in [5.74, 6) is 0.753. The van der Waals surface area contributed by atoms with Gasteiger partial charge in [0.15, 0.2) is 0 Å². The first kappa shape index (κ1) is 15.4. The number of ether oxygens (including phenoxy) is 1. The van der Waals surface area contributed by atoms with Crippen molar-refractivity contribution in [1.82, 2.24) is 9.55 Å². The minimum atomic E-state index is -0.0284. The molecule has 0 radical (unpaired) electrons. The number of carbonyl (C=O) groups is 1. The molecule has 3 aromatic rings. The van der Waals surface area contributed by atoms with Crippen molar-refractivity contribution in [2.75, 3.05) is 11.4 Å². The first-order chi connectivity index (χ1) is 12.2. The van der Waals surface area contributed by atoms with Crippen molar-refractivity contribution >= 4 is 11.6 Å². The summed E-state index contributed by atoms with van der Waals surface area (Å²) in [4.78, 5) is 18.8. The van der Waals surface area contributed by atoms with Crippen molar-refractivity contribution in [3.05, 3.63) is 78.4 Å². The summed E-state index contributed by atoms with van der Waals surface area (Å²) in [7, 11) is 0. The van der Waals surface area contributed by atoms with Crippen molar-refractivity contribution in [1.29, 1.82) is 0 Å². The first-order valence-corrected chi connectivity index (χ1v) is 8.33. The SMILES string of the molecule is C[C@@H]1CN(C(=O)c2ccc(Cn3ccnc3)cc2)c2ccccc2O1. The zero-order valence-electron chi connectivity index (χ0n) is 14.0. The number of carbonyl (C=O) groups excluding carboxylic acids is 1. The Morgan fingerprint density at radius 1 is 1.20 bits per heavy atom. The van der Waals surface area contributed by atoms with Crippen LogP contribution in [0.15, 0.2) is 67.3 Å². The van der Waals surface area contributed by atoms with Gasteiger partial charge in [0.25, 0.3) is 5.91 Å². The van der Waals surface area contributed by atoms with E-state index in [2.05, 4.69) is 4.98 Å². The topological polar surface area (TPSA) is 47.4 Å². The predicted molar refractivity (Wildman–Crippen MR) is 96.0 cm³/mol. The molecule has 1 amide bonds. The summed E-state index contributed by atoms with van der Waals surface area (Å²) in [5.41, 5.74) is 2.64. The average Bonchev–Trinajstić information content (AvgIpc) is 3.14. The number of amides is 1. The maximum atomic E-state index is 13.0. The third-order valence-electron chi connectivity index (χ3n) is 4.29. The lowest BCUT2D eigenvalue weighted by molar-refractivity contribution is 0.0961. The van der Waals surface area contributed by atoms with E-state index >= 15 is 0 Å². The lowest BCUT2D eigenvalue weighted by Gasteiger charge is -2.33. The van der Waals surface area contributed by atoms with Gasteiger partial charge < -0.3 is 14.2 Å². The van der Waals surface area contributed by atoms with Gasteiger partial charge in [-0.15, -0.1) is 0 Å². The Kier molecular flexibility index (Phi) is 3.98. The normalized spacial score (nSPS) is 16.2. The second-order valence-corrected chi connectivity index (χ2v) is 6.24. The molecule has 0 saturated heterocycles. The third kappa shape index (κ3) is 3.13. The molecule has 5 heteroatoms. The van der Waals surface area contributed by atoms with Crippen LogP contribution in [0.2, 0.25) is 0 Å². The second-order valence-electron chi connectivity index (χ2n) is 6.24. The van der Waals surface area contributed by atoms with Gasteiger partial charge in [0.2, 0.25) is 0 Å². The number of hydrogen-bond acceptors (Lipinski definition) is 3. The number of para-hydroxylation sites is 2. The van der Waals surface area contributed by atoms with Crippen LogP contribution >= 0.6 is 0 Å². The van der Waals surface area contributed by atoms with Crippen LogP contribution in [-0.4, -0.2) is 28.1 Å². The van der Waals surface area contributed by atoms with Gasteiger partial charge in [-0.3, -0.25) is 4.79 Å². The fraction of sp³-hybridized carbons (Fsp3) is 0.200. The Balaban J connectivity index is 1.57. The quantitative estimate of drug-likeness (QED) is 0.738. The Morgan fingerprint density at radius 3 is 2.76 bits per heavy atom. The van der Waals surface area contributed by atoms with E-state index in [0.717, 1.165) is 23.5 Å². The van der Waals surface area contributed by atoms with Crippen LogP contribution in [0.3, 0.4) is 0 Å². The van der Waals surface area contributed by atoms with Gasteiger partial charge in [-0.05, 0) is 36.8 Å². The van der Waals surface area contributed by atoms with E-state index in [0.29, 0.717) is 12.1 Å². The van der Waals surface area contributed by atoms with Crippen LogP contribution in [-0.2, 0) is 6.54 Å². The Hall–Kier alpha value is -3.08. The fourth-order valence-corrected chi connectivity index (χ4v) is 3.08. The summed E-state index contributed by atoms with van der Waals surface area (Å²) in [6.45, 7) is 3.27. The molecule has 0 aliphatic carbocycles. The molecule has 25 heavy (non-hydrogen) atoms. The highest BCUT2D eigenvalue weighted by Gasteiger charge is 2.27. The lowest BCUT2D eigenvalue weighted by Crippen LogP contribution is -2.42. The van der Waals surface area contributed by atoms with Crippen molar-refractivity contribution in [3.8, 4) is 5.75 Å². The standard InChI is InChI=1S/C20H19N3O2/c1-15-12-23(18-4-2-3-5-19(18)25-15)20(24)17-8-6-16(7-9-17)13-22-11-10-21-14-22/h2-11,14-15H,12-13H2,1H3/t15-/m1/s1. The van der Waals surface area contributed by atoms with Gasteiger partial charge in [-0.2, -0.15) is 0 Å². The maximum absolute atomic E-state index is 13.0. The lowest BCUT2D eigenvalue weighted by atomic mass is 10.1. The number of anilines is 1. The van der Waals surface area contributed by atoms with E-state index in [1.165, 1.54) is 0 Å². The molecule has 0 saturated carbocycles. The summed E-state index contributed by atoms with van der Waals surface area (Å²) in [6.07, 6.45) is 5.44. The highest BCUT2D eigenvalue weighted by molar-refractivity contribution is 6.07. The molecule has 0 spiro atoms. The van der Waals surface area contributed by atoms with Gasteiger partial charge in [0.05, 0.1) is 18.6 Å². The molecule has 0 bridgehead atoms. The van der Waals surface area contributed by atoms with Crippen molar-refractivity contribution in [2.45, 2.75) is 19.6 Å². The molecular weight excluding hydrogens is 314 g/mol. The molecule has 0 fully saturated rings. The van der Waals surface area contributed by atoms with E-state index in [4.69, 9.17) is 4.74 Å². The van der Waals surface area contributed by atoms with Crippen molar-refractivity contribution in [3.63, 3.8) is 0 Å². The van der Waals surface area contributed by atoms with Crippen LogP contribution < -0.4 is 9.64 Å². The van der Waals surface area contributed by atoms with Gasteiger partial charge in [0.1, 0.15) is 11.9 Å². The smallest absolute Gasteiger partial charge is 0.258 e. The zero-order chi connectivity index (χ0) is 17.2. The van der Waals surface area contributed by atoms with Crippen LogP contribution in [0.25, 0.3) is 0 Å². The molecule has 126 valence electrons. The predicted octanol–water partition coefficient (Wildman–Crippen LogP) is 3.36. The molecule has 1 aliphatic rings. The number of hydrogen-bond donors (Lipinski definition) is 0. The molecule has 2 aromatic carbocycles. The van der Waals surface area contributed by atoms with Gasteiger partial charge in [-0.1, -0.05) is 24.3 Å². The fourth-order valence-electron chi connectivity index (χ4n) is 3.08. The highest BCUT2D eigenvalue weighted by atomic mass is 16.5. The number of aromatic nitrogens is 2.